The summed E-state index contributed by atoms with van der Waals surface area (Å²) in [5.74, 6) is -0.185. The van der Waals surface area contributed by atoms with Crippen molar-refractivity contribution in [2.24, 2.45) is 5.73 Å². The van der Waals surface area contributed by atoms with Crippen LogP contribution in [0.3, 0.4) is 0 Å². The standard InChI is InChI=1S/C15H17FN2/c1-18(14-5-3-2-4-6-14)11-13-9-12(10-17)7-8-15(13)16/h2-9H,10-11,17H2,1H3. The van der Waals surface area contributed by atoms with Crippen molar-refractivity contribution in [3.8, 4) is 0 Å². The Bertz CT molecular complexity index is 511. The highest BCUT2D eigenvalue weighted by Crippen LogP contribution is 2.17. The second-order valence-corrected chi connectivity index (χ2v) is 4.32. The first kappa shape index (κ1) is 12.6. The number of hydrogen-bond acceptors (Lipinski definition) is 2. The molecule has 0 saturated carbocycles. The normalized spacial score (nSPS) is 10.4. The van der Waals surface area contributed by atoms with Gasteiger partial charge in [-0.15, -0.1) is 0 Å². The molecule has 0 spiro atoms. The Morgan fingerprint density at radius 2 is 1.83 bits per heavy atom. The third kappa shape index (κ3) is 2.87. The molecule has 0 aromatic heterocycles. The zero-order valence-electron chi connectivity index (χ0n) is 10.4. The summed E-state index contributed by atoms with van der Waals surface area (Å²) in [6.45, 7) is 0.964. The monoisotopic (exact) mass is 244 g/mol. The summed E-state index contributed by atoms with van der Waals surface area (Å²) in [6.07, 6.45) is 0. The van der Waals surface area contributed by atoms with Gasteiger partial charge in [0.25, 0.3) is 0 Å². The van der Waals surface area contributed by atoms with Crippen LogP contribution in [0.5, 0.6) is 0 Å². The van der Waals surface area contributed by atoms with Gasteiger partial charge in [0.15, 0.2) is 0 Å². The molecule has 2 aromatic carbocycles. The van der Waals surface area contributed by atoms with Crippen LogP contribution in [0.15, 0.2) is 48.5 Å². The predicted octanol–water partition coefficient (Wildman–Crippen LogP) is 2.92. The number of anilines is 1. The summed E-state index contributed by atoms with van der Waals surface area (Å²) in [7, 11) is 1.95. The molecule has 0 fully saturated rings. The molecule has 2 N–H and O–H groups in total. The van der Waals surface area contributed by atoms with Crippen molar-refractivity contribution in [2.45, 2.75) is 13.1 Å². The minimum atomic E-state index is -0.185. The SMILES string of the molecule is CN(Cc1cc(CN)ccc1F)c1ccccc1. The maximum atomic E-state index is 13.7. The van der Waals surface area contributed by atoms with E-state index in [9.17, 15) is 4.39 Å². The molecular weight excluding hydrogens is 227 g/mol. The Labute approximate surface area is 107 Å². The van der Waals surface area contributed by atoms with Crippen molar-refractivity contribution >= 4 is 5.69 Å². The van der Waals surface area contributed by atoms with Gasteiger partial charge in [0.1, 0.15) is 5.82 Å². The number of rotatable bonds is 4. The van der Waals surface area contributed by atoms with E-state index < -0.39 is 0 Å². The van der Waals surface area contributed by atoms with Gasteiger partial charge in [-0.05, 0) is 29.8 Å². The fourth-order valence-corrected chi connectivity index (χ4v) is 1.91. The third-order valence-corrected chi connectivity index (χ3v) is 2.95. The zero-order valence-corrected chi connectivity index (χ0v) is 10.4. The van der Waals surface area contributed by atoms with Crippen LogP contribution in [0.2, 0.25) is 0 Å². The minimum absolute atomic E-state index is 0.185. The predicted molar refractivity (Wildman–Crippen MR) is 72.8 cm³/mol. The number of nitrogens with zero attached hydrogens (tertiary/aromatic N) is 1. The molecule has 0 bridgehead atoms. The molecular formula is C15H17FN2. The molecule has 0 heterocycles. The molecule has 0 atom stereocenters. The van der Waals surface area contributed by atoms with Gasteiger partial charge in [0.2, 0.25) is 0 Å². The van der Waals surface area contributed by atoms with Crippen molar-refractivity contribution in [1.82, 2.24) is 0 Å². The minimum Gasteiger partial charge on any atom is -0.370 e. The van der Waals surface area contributed by atoms with E-state index in [1.807, 2.05) is 48.3 Å². The van der Waals surface area contributed by atoms with E-state index in [0.29, 0.717) is 18.7 Å². The number of para-hydroxylation sites is 1. The Morgan fingerprint density at radius 1 is 1.11 bits per heavy atom. The third-order valence-electron chi connectivity index (χ3n) is 2.95. The number of benzene rings is 2. The number of nitrogens with two attached hydrogens (primary N) is 1. The Balaban J connectivity index is 2.18. The summed E-state index contributed by atoms with van der Waals surface area (Å²) in [6, 6.07) is 15.0. The van der Waals surface area contributed by atoms with Crippen molar-refractivity contribution in [2.75, 3.05) is 11.9 Å². The topological polar surface area (TPSA) is 29.3 Å². The molecule has 0 saturated heterocycles. The number of halogens is 1. The molecule has 0 unspecified atom stereocenters. The van der Waals surface area contributed by atoms with E-state index in [1.54, 1.807) is 6.07 Å². The Kier molecular flexibility index (Phi) is 3.95. The van der Waals surface area contributed by atoms with Crippen LogP contribution in [0, 0.1) is 5.82 Å². The van der Waals surface area contributed by atoms with E-state index in [0.717, 1.165) is 11.3 Å². The highest BCUT2D eigenvalue weighted by molar-refractivity contribution is 5.46. The molecule has 3 heteroatoms. The summed E-state index contributed by atoms with van der Waals surface area (Å²) >= 11 is 0. The second kappa shape index (κ2) is 5.65. The van der Waals surface area contributed by atoms with Gasteiger partial charge in [-0.25, -0.2) is 4.39 Å². The van der Waals surface area contributed by atoms with E-state index in [4.69, 9.17) is 5.73 Å². The largest absolute Gasteiger partial charge is 0.370 e. The molecule has 2 aromatic rings. The summed E-state index contributed by atoms with van der Waals surface area (Å²) in [4.78, 5) is 2.01. The van der Waals surface area contributed by atoms with Gasteiger partial charge in [-0.2, -0.15) is 0 Å². The van der Waals surface area contributed by atoms with Crippen molar-refractivity contribution < 1.29 is 4.39 Å². The van der Waals surface area contributed by atoms with Gasteiger partial charge in [-0.3, -0.25) is 0 Å². The fourth-order valence-electron chi connectivity index (χ4n) is 1.91. The Morgan fingerprint density at radius 3 is 2.50 bits per heavy atom. The maximum Gasteiger partial charge on any atom is 0.128 e. The van der Waals surface area contributed by atoms with Crippen molar-refractivity contribution in [1.29, 1.82) is 0 Å². The maximum absolute atomic E-state index is 13.7. The summed E-state index contributed by atoms with van der Waals surface area (Å²) in [5, 5.41) is 0. The molecule has 2 rings (SSSR count). The molecule has 18 heavy (non-hydrogen) atoms. The van der Waals surface area contributed by atoms with Crippen LogP contribution < -0.4 is 10.6 Å². The average Bonchev–Trinajstić information content (AvgIpc) is 2.42. The first-order chi connectivity index (χ1) is 8.70. The number of hydrogen-bond donors (Lipinski definition) is 1. The van der Waals surface area contributed by atoms with Crippen LogP contribution in [-0.2, 0) is 13.1 Å². The van der Waals surface area contributed by atoms with Crippen LogP contribution in [0.4, 0.5) is 10.1 Å². The highest BCUT2D eigenvalue weighted by Gasteiger charge is 2.07. The molecule has 0 radical (unpaired) electrons. The zero-order chi connectivity index (χ0) is 13.0. The lowest BCUT2D eigenvalue weighted by molar-refractivity contribution is 0.607. The lowest BCUT2D eigenvalue weighted by Crippen LogP contribution is -2.17. The van der Waals surface area contributed by atoms with E-state index in [-0.39, 0.29) is 5.82 Å². The van der Waals surface area contributed by atoms with E-state index in [2.05, 4.69) is 0 Å². The molecule has 0 aliphatic rings. The molecule has 0 aliphatic heterocycles. The molecule has 2 nitrogen and oxygen atoms in total. The lowest BCUT2D eigenvalue weighted by atomic mass is 10.1. The Hall–Kier alpha value is -1.87. The summed E-state index contributed by atoms with van der Waals surface area (Å²) < 4.78 is 13.7. The van der Waals surface area contributed by atoms with Gasteiger partial charge in [-0.1, -0.05) is 24.3 Å². The summed E-state index contributed by atoms with van der Waals surface area (Å²) in [5.41, 5.74) is 8.26. The first-order valence-corrected chi connectivity index (χ1v) is 5.94. The van der Waals surface area contributed by atoms with Gasteiger partial charge in [0.05, 0.1) is 0 Å². The van der Waals surface area contributed by atoms with Crippen LogP contribution in [0.25, 0.3) is 0 Å². The fraction of sp³-hybridized carbons (Fsp3) is 0.200. The van der Waals surface area contributed by atoms with Crippen LogP contribution >= 0.6 is 0 Å². The van der Waals surface area contributed by atoms with Crippen LogP contribution in [0.1, 0.15) is 11.1 Å². The van der Waals surface area contributed by atoms with E-state index >= 15 is 0 Å². The lowest BCUT2D eigenvalue weighted by Gasteiger charge is -2.20. The first-order valence-electron chi connectivity index (χ1n) is 5.94. The van der Waals surface area contributed by atoms with Crippen LogP contribution in [-0.4, -0.2) is 7.05 Å². The highest BCUT2D eigenvalue weighted by atomic mass is 19.1. The van der Waals surface area contributed by atoms with Gasteiger partial charge >= 0.3 is 0 Å². The van der Waals surface area contributed by atoms with Crippen molar-refractivity contribution in [3.63, 3.8) is 0 Å². The smallest absolute Gasteiger partial charge is 0.128 e. The van der Waals surface area contributed by atoms with Gasteiger partial charge in [0, 0.05) is 31.4 Å². The molecule has 0 aliphatic carbocycles. The van der Waals surface area contributed by atoms with Crippen molar-refractivity contribution in [3.05, 3.63) is 65.5 Å². The quantitative estimate of drug-likeness (QED) is 0.896. The second-order valence-electron chi connectivity index (χ2n) is 4.32. The molecule has 94 valence electrons. The van der Waals surface area contributed by atoms with Gasteiger partial charge < -0.3 is 10.6 Å². The molecule has 0 amide bonds. The average molecular weight is 244 g/mol. The van der Waals surface area contributed by atoms with E-state index in [1.165, 1.54) is 6.07 Å².